The molecule has 0 unspecified atom stereocenters. The molecule has 4 aromatic rings. The molecule has 0 aliphatic carbocycles. The standard InChI is InChI=1S/C19H18N4O3S2/c1-4-14(24-7-1)11-23-18(17-6-3-9-27-17)20-21-19(23)28-12-13-10-16(26-22-13)15-5-2-8-25-15/h2-3,5-6,8-10,14H,1,4,7,11-12H2/t14-/m0/s1. The van der Waals surface area contributed by atoms with Crippen LogP contribution in [0.25, 0.3) is 22.2 Å². The van der Waals surface area contributed by atoms with E-state index in [1.807, 2.05) is 24.3 Å². The lowest BCUT2D eigenvalue weighted by Crippen LogP contribution is -2.16. The SMILES string of the molecule is c1coc(-c2cc(CSc3nnc(-c4cccs4)n3C[C@@H]3CCCO3)no2)c1. The van der Waals surface area contributed by atoms with Gasteiger partial charge in [0.1, 0.15) is 0 Å². The first-order chi connectivity index (χ1) is 13.9. The quantitative estimate of drug-likeness (QED) is 0.405. The molecule has 1 fully saturated rings. The molecule has 5 heterocycles. The minimum atomic E-state index is 0.215. The van der Waals surface area contributed by atoms with Crippen molar-refractivity contribution >= 4 is 23.1 Å². The van der Waals surface area contributed by atoms with Crippen LogP contribution in [0.15, 0.2) is 56.1 Å². The van der Waals surface area contributed by atoms with Crippen LogP contribution in [0.4, 0.5) is 0 Å². The zero-order chi connectivity index (χ0) is 18.8. The summed E-state index contributed by atoms with van der Waals surface area (Å²) in [5.74, 6) is 2.83. The van der Waals surface area contributed by atoms with Gasteiger partial charge in [0.15, 0.2) is 16.7 Å². The first-order valence-corrected chi connectivity index (χ1v) is 10.9. The minimum Gasteiger partial charge on any atom is -0.461 e. The van der Waals surface area contributed by atoms with Crippen molar-refractivity contribution in [3.8, 4) is 22.2 Å². The first kappa shape index (κ1) is 17.7. The number of furan rings is 1. The van der Waals surface area contributed by atoms with Crippen molar-refractivity contribution in [2.24, 2.45) is 0 Å². The van der Waals surface area contributed by atoms with Crippen LogP contribution < -0.4 is 0 Å². The normalized spacial score (nSPS) is 16.8. The highest BCUT2D eigenvalue weighted by molar-refractivity contribution is 7.98. The Bertz CT molecular complexity index is 1020. The number of nitrogens with zero attached hydrogens (tertiary/aromatic N) is 4. The fraction of sp³-hybridized carbons (Fsp3) is 0.316. The summed E-state index contributed by atoms with van der Waals surface area (Å²) in [6.07, 6.45) is 4.01. The average Bonchev–Trinajstić information content (AvgIpc) is 3.53. The van der Waals surface area contributed by atoms with Gasteiger partial charge in [-0.15, -0.1) is 21.5 Å². The molecule has 28 heavy (non-hydrogen) atoms. The fourth-order valence-corrected chi connectivity index (χ4v) is 4.74. The molecule has 0 radical (unpaired) electrons. The smallest absolute Gasteiger partial charge is 0.202 e. The van der Waals surface area contributed by atoms with E-state index in [1.54, 1.807) is 29.4 Å². The van der Waals surface area contributed by atoms with E-state index in [-0.39, 0.29) is 6.10 Å². The highest BCUT2D eigenvalue weighted by Crippen LogP contribution is 2.31. The van der Waals surface area contributed by atoms with Crippen molar-refractivity contribution < 1.29 is 13.7 Å². The average molecular weight is 415 g/mol. The molecule has 0 bridgehead atoms. The highest BCUT2D eigenvalue weighted by atomic mass is 32.2. The van der Waals surface area contributed by atoms with E-state index in [0.29, 0.717) is 17.3 Å². The summed E-state index contributed by atoms with van der Waals surface area (Å²) in [6.45, 7) is 1.59. The van der Waals surface area contributed by atoms with E-state index in [2.05, 4.69) is 31.4 Å². The van der Waals surface area contributed by atoms with Crippen LogP contribution >= 0.6 is 23.1 Å². The van der Waals surface area contributed by atoms with Gasteiger partial charge in [0.25, 0.3) is 0 Å². The number of thiophene rings is 1. The molecule has 1 atom stereocenters. The number of ether oxygens (including phenoxy) is 1. The van der Waals surface area contributed by atoms with Gasteiger partial charge in [-0.05, 0) is 36.4 Å². The van der Waals surface area contributed by atoms with E-state index in [9.17, 15) is 0 Å². The summed E-state index contributed by atoms with van der Waals surface area (Å²) in [7, 11) is 0. The fourth-order valence-electron chi connectivity index (χ4n) is 3.19. The number of thioether (sulfide) groups is 1. The Morgan fingerprint density at radius 2 is 2.21 bits per heavy atom. The van der Waals surface area contributed by atoms with Gasteiger partial charge in [0.05, 0.1) is 29.5 Å². The maximum Gasteiger partial charge on any atom is 0.202 e. The molecule has 0 saturated carbocycles. The molecule has 0 amide bonds. The lowest BCUT2D eigenvalue weighted by Gasteiger charge is -2.13. The molecule has 5 rings (SSSR count). The van der Waals surface area contributed by atoms with Crippen LogP contribution in [-0.4, -0.2) is 32.6 Å². The molecule has 1 aliphatic heterocycles. The summed E-state index contributed by atoms with van der Waals surface area (Å²) >= 11 is 3.26. The highest BCUT2D eigenvalue weighted by Gasteiger charge is 2.22. The van der Waals surface area contributed by atoms with Gasteiger partial charge in [-0.3, -0.25) is 4.57 Å². The Balaban J connectivity index is 1.35. The monoisotopic (exact) mass is 414 g/mol. The van der Waals surface area contributed by atoms with Crippen molar-refractivity contribution in [2.75, 3.05) is 6.61 Å². The third-order valence-electron chi connectivity index (χ3n) is 4.54. The summed E-state index contributed by atoms with van der Waals surface area (Å²) < 4.78 is 18.7. The Morgan fingerprint density at radius 3 is 3.00 bits per heavy atom. The topological polar surface area (TPSA) is 79.1 Å². The predicted molar refractivity (Wildman–Crippen MR) is 106 cm³/mol. The molecule has 1 aliphatic rings. The molecule has 4 aromatic heterocycles. The second-order valence-electron chi connectivity index (χ2n) is 6.48. The minimum absolute atomic E-state index is 0.215. The zero-order valence-electron chi connectivity index (χ0n) is 15.0. The largest absolute Gasteiger partial charge is 0.461 e. The number of rotatable bonds is 7. The molecule has 0 N–H and O–H groups in total. The summed E-state index contributed by atoms with van der Waals surface area (Å²) in [5, 5.41) is 15.9. The van der Waals surface area contributed by atoms with Crippen molar-refractivity contribution in [3.05, 3.63) is 47.7 Å². The molecule has 7 nitrogen and oxygen atoms in total. The van der Waals surface area contributed by atoms with E-state index in [1.165, 1.54) is 0 Å². The number of aromatic nitrogens is 4. The van der Waals surface area contributed by atoms with Gasteiger partial charge in [0.2, 0.25) is 5.76 Å². The van der Waals surface area contributed by atoms with Crippen LogP contribution in [0, 0.1) is 0 Å². The second kappa shape index (κ2) is 7.94. The van der Waals surface area contributed by atoms with Gasteiger partial charge in [0, 0.05) is 18.4 Å². The first-order valence-electron chi connectivity index (χ1n) is 9.08. The molecule has 144 valence electrons. The number of hydrogen-bond donors (Lipinski definition) is 0. The van der Waals surface area contributed by atoms with Gasteiger partial charge in [-0.2, -0.15) is 0 Å². The third kappa shape index (κ3) is 3.65. The predicted octanol–water partition coefficient (Wildman–Crippen LogP) is 4.73. The Kier molecular flexibility index (Phi) is 5.03. The zero-order valence-corrected chi connectivity index (χ0v) is 16.6. The van der Waals surface area contributed by atoms with Crippen molar-refractivity contribution in [2.45, 2.75) is 36.4 Å². The van der Waals surface area contributed by atoms with Gasteiger partial charge in [-0.25, -0.2) is 0 Å². The third-order valence-corrected chi connectivity index (χ3v) is 6.41. The van der Waals surface area contributed by atoms with Gasteiger partial charge in [-0.1, -0.05) is 23.0 Å². The van der Waals surface area contributed by atoms with Gasteiger partial charge >= 0.3 is 0 Å². The van der Waals surface area contributed by atoms with E-state index < -0.39 is 0 Å². The summed E-state index contributed by atoms with van der Waals surface area (Å²) in [5.41, 5.74) is 0.834. The maximum absolute atomic E-state index is 5.84. The summed E-state index contributed by atoms with van der Waals surface area (Å²) in [4.78, 5) is 1.11. The number of hydrogen-bond acceptors (Lipinski definition) is 8. The molecular weight excluding hydrogens is 396 g/mol. The van der Waals surface area contributed by atoms with E-state index in [4.69, 9.17) is 13.7 Å². The van der Waals surface area contributed by atoms with E-state index >= 15 is 0 Å². The van der Waals surface area contributed by atoms with Crippen LogP contribution in [0.2, 0.25) is 0 Å². The van der Waals surface area contributed by atoms with Crippen molar-refractivity contribution in [1.82, 2.24) is 19.9 Å². The Labute approximate surface area is 169 Å². The molecule has 9 heteroatoms. The maximum atomic E-state index is 5.84. The van der Waals surface area contributed by atoms with Crippen LogP contribution in [0.5, 0.6) is 0 Å². The Hall–Kier alpha value is -2.36. The molecule has 0 aromatic carbocycles. The van der Waals surface area contributed by atoms with Crippen LogP contribution in [-0.2, 0) is 17.0 Å². The molecule has 1 saturated heterocycles. The summed E-state index contributed by atoms with van der Waals surface area (Å²) in [6, 6.07) is 9.67. The van der Waals surface area contributed by atoms with Crippen LogP contribution in [0.1, 0.15) is 18.5 Å². The van der Waals surface area contributed by atoms with Crippen LogP contribution in [0.3, 0.4) is 0 Å². The van der Waals surface area contributed by atoms with E-state index in [0.717, 1.165) is 47.5 Å². The van der Waals surface area contributed by atoms with Gasteiger partial charge < -0.3 is 13.7 Å². The molecule has 0 spiro atoms. The lowest BCUT2D eigenvalue weighted by molar-refractivity contribution is 0.0953. The molecular formula is C19H18N4O3S2. The Morgan fingerprint density at radius 1 is 1.21 bits per heavy atom. The van der Waals surface area contributed by atoms with Crippen molar-refractivity contribution in [3.63, 3.8) is 0 Å². The second-order valence-corrected chi connectivity index (χ2v) is 8.37. The van der Waals surface area contributed by atoms with Crippen molar-refractivity contribution in [1.29, 1.82) is 0 Å². The lowest BCUT2D eigenvalue weighted by atomic mass is 10.2.